The van der Waals surface area contributed by atoms with Crippen molar-refractivity contribution in [1.29, 1.82) is 0 Å². The number of furan rings is 1. The van der Waals surface area contributed by atoms with Gasteiger partial charge in [0, 0.05) is 24.2 Å². The summed E-state index contributed by atoms with van der Waals surface area (Å²) in [6.45, 7) is 8.08. The summed E-state index contributed by atoms with van der Waals surface area (Å²) in [4.78, 5) is 19.3. The summed E-state index contributed by atoms with van der Waals surface area (Å²) in [6, 6.07) is 9.81. The Kier molecular flexibility index (Phi) is 4.62. The van der Waals surface area contributed by atoms with Gasteiger partial charge >= 0.3 is 0 Å². The number of rotatable bonds is 4. The van der Waals surface area contributed by atoms with E-state index in [-0.39, 0.29) is 11.9 Å². The van der Waals surface area contributed by atoms with Gasteiger partial charge < -0.3 is 9.32 Å². The van der Waals surface area contributed by atoms with Crippen LogP contribution < -0.4 is 0 Å². The summed E-state index contributed by atoms with van der Waals surface area (Å²) in [6.07, 6.45) is 2.55. The zero-order valence-corrected chi connectivity index (χ0v) is 15.5. The summed E-state index contributed by atoms with van der Waals surface area (Å²) in [5.74, 6) is 0.309. The molecule has 0 saturated carbocycles. The van der Waals surface area contributed by atoms with Crippen molar-refractivity contribution in [3.05, 3.63) is 64.7 Å². The van der Waals surface area contributed by atoms with Gasteiger partial charge in [0.1, 0.15) is 5.58 Å². The van der Waals surface area contributed by atoms with Crippen molar-refractivity contribution in [3.63, 3.8) is 0 Å². The summed E-state index contributed by atoms with van der Waals surface area (Å²) in [7, 11) is 1.82. The maximum atomic E-state index is 13.1. The van der Waals surface area contributed by atoms with Crippen LogP contribution in [0.5, 0.6) is 0 Å². The number of carbonyl (C=O) groups is 1. The van der Waals surface area contributed by atoms with Crippen molar-refractivity contribution in [2.24, 2.45) is 0 Å². The van der Waals surface area contributed by atoms with E-state index in [0.717, 1.165) is 39.8 Å². The third kappa shape index (κ3) is 2.93. The molecule has 0 radical (unpaired) electrons. The molecule has 0 bridgehead atoms. The predicted molar refractivity (Wildman–Crippen MR) is 99.8 cm³/mol. The molecule has 0 saturated heterocycles. The van der Waals surface area contributed by atoms with Gasteiger partial charge in [-0.3, -0.25) is 9.78 Å². The standard InChI is InChI=1S/C21H24N2O2/c1-6-18(17-9-7-8-12-22-17)23(5)21(24)20-15(4)16-11-10-13(2)14(3)19(16)25-20/h7-12,18H,6H2,1-5H3/t18-/m1/s1. The molecule has 1 atom stereocenters. The number of carbonyl (C=O) groups excluding carboxylic acids is 1. The van der Waals surface area contributed by atoms with Crippen LogP contribution in [0.4, 0.5) is 0 Å². The Hall–Kier alpha value is -2.62. The molecule has 2 aromatic heterocycles. The molecule has 0 fully saturated rings. The first-order valence-corrected chi connectivity index (χ1v) is 8.63. The molecule has 25 heavy (non-hydrogen) atoms. The molecular formula is C21H24N2O2. The van der Waals surface area contributed by atoms with E-state index >= 15 is 0 Å². The third-order valence-corrected chi connectivity index (χ3v) is 5.02. The minimum absolute atomic E-state index is 0.0795. The monoisotopic (exact) mass is 336 g/mol. The second kappa shape index (κ2) is 6.71. The fraction of sp³-hybridized carbons (Fsp3) is 0.333. The van der Waals surface area contributed by atoms with Crippen LogP contribution in [0, 0.1) is 20.8 Å². The molecule has 0 aliphatic carbocycles. The highest BCUT2D eigenvalue weighted by molar-refractivity contribution is 5.99. The van der Waals surface area contributed by atoms with Crippen molar-refractivity contribution in [2.45, 2.75) is 40.2 Å². The summed E-state index contributed by atoms with van der Waals surface area (Å²) in [5, 5.41) is 1.01. The average molecular weight is 336 g/mol. The smallest absolute Gasteiger partial charge is 0.290 e. The summed E-state index contributed by atoms with van der Waals surface area (Å²) in [5.41, 5.74) is 4.83. The SMILES string of the molecule is CC[C@H](c1ccccn1)N(C)C(=O)c1oc2c(C)c(C)ccc2c1C. The zero-order valence-electron chi connectivity index (χ0n) is 15.5. The third-order valence-electron chi connectivity index (χ3n) is 5.02. The summed E-state index contributed by atoms with van der Waals surface area (Å²) < 4.78 is 6.01. The van der Waals surface area contributed by atoms with Gasteiger partial charge in [-0.2, -0.15) is 0 Å². The number of aromatic nitrogens is 1. The average Bonchev–Trinajstić information content (AvgIpc) is 2.96. The Morgan fingerprint density at radius 3 is 2.56 bits per heavy atom. The minimum Gasteiger partial charge on any atom is -0.450 e. The lowest BCUT2D eigenvalue weighted by molar-refractivity contribution is 0.0692. The van der Waals surface area contributed by atoms with Crippen LogP contribution >= 0.6 is 0 Å². The molecule has 4 nitrogen and oxygen atoms in total. The van der Waals surface area contributed by atoms with Gasteiger partial charge in [-0.1, -0.05) is 25.1 Å². The van der Waals surface area contributed by atoms with E-state index in [0.29, 0.717) is 5.76 Å². The van der Waals surface area contributed by atoms with Gasteiger partial charge in [0.05, 0.1) is 11.7 Å². The number of benzene rings is 1. The maximum absolute atomic E-state index is 13.1. The Labute approximate surface area is 148 Å². The van der Waals surface area contributed by atoms with Crippen molar-refractivity contribution in [3.8, 4) is 0 Å². The molecule has 0 aliphatic heterocycles. The summed E-state index contributed by atoms with van der Waals surface area (Å²) >= 11 is 0. The van der Waals surface area contributed by atoms with Crippen molar-refractivity contribution in [1.82, 2.24) is 9.88 Å². The predicted octanol–water partition coefficient (Wildman–Crippen LogP) is 4.98. The van der Waals surface area contributed by atoms with E-state index in [2.05, 4.69) is 24.9 Å². The lowest BCUT2D eigenvalue weighted by Gasteiger charge is -2.26. The van der Waals surface area contributed by atoms with Gasteiger partial charge in [0.15, 0.2) is 5.76 Å². The van der Waals surface area contributed by atoms with Gasteiger partial charge in [0.2, 0.25) is 0 Å². The van der Waals surface area contributed by atoms with Crippen molar-refractivity contribution >= 4 is 16.9 Å². The van der Waals surface area contributed by atoms with E-state index in [4.69, 9.17) is 4.42 Å². The number of nitrogens with zero attached hydrogens (tertiary/aromatic N) is 2. The number of fused-ring (bicyclic) bond motifs is 1. The quantitative estimate of drug-likeness (QED) is 0.675. The first-order valence-electron chi connectivity index (χ1n) is 8.63. The molecule has 1 amide bonds. The van der Waals surface area contributed by atoms with Crippen LogP contribution in [0.25, 0.3) is 11.0 Å². The first-order chi connectivity index (χ1) is 12.0. The van der Waals surface area contributed by atoms with E-state index in [1.165, 1.54) is 0 Å². The molecule has 1 aromatic carbocycles. The van der Waals surface area contributed by atoms with Crippen molar-refractivity contribution in [2.75, 3.05) is 7.05 Å². The van der Waals surface area contributed by atoms with Crippen LogP contribution in [-0.4, -0.2) is 22.8 Å². The minimum atomic E-state index is -0.108. The topological polar surface area (TPSA) is 46.3 Å². The van der Waals surface area contributed by atoms with Crippen LogP contribution in [0.1, 0.15) is 52.3 Å². The Morgan fingerprint density at radius 2 is 1.92 bits per heavy atom. The van der Waals surface area contributed by atoms with Gasteiger partial charge in [-0.05, 0) is 50.5 Å². The second-order valence-corrected chi connectivity index (χ2v) is 6.54. The Bertz CT molecular complexity index is 913. The molecule has 4 heteroatoms. The number of hydrogen-bond donors (Lipinski definition) is 0. The van der Waals surface area contributed by atoms with Crippen LogP contribution in [0.15, 0.2) is 40.9 Å². The highest BCUT2D eigenvalue weighted by atomic mass is 16.3. The number of pyridine rings is 1. The fourth-order valence-electron chi connectivity index (χ4n) is 3.28. The Morgan fingerprint density at radius 1 is 1.16 bits per heavy atom. The van der Waals surface area contributed by atoms with E-state index in [1.54, 1.807) is 11.1 Å². The normalized spacial score (nSPS) is 12.4. The van der Waals surface area contributed by atoms with Crippen LogP contribution in [0.3, 0.4) is 0 Å². The van der Waals surface area contributed by atoms with Crippen LogP contribution in [-0.2, 0) is 0 Å². The molecule has 0 N–H and O–H groups in total. The van der Waals surface area contributed by atoms with Crippen molar-refractivity contribution < 1.29 is 9.21 Å². The molecule has 0 spiro atoms. The lowest BCUT2D eigenvalue weighted by Crippen LogP contribution is -2.31. The van der Waals surface area contributed by atoms with Gasteiger partial charge in [0.25, 0.3) is 5.91 Å². The number of aryl methyl sites for hydroxylation is 3. The second-order valence-electron chi connectivity index (χ2n) is 6.54. The molecule has 0 aliphatic rings. The molecule has 0 unspecified atom stereocenters. The van der Waals surface area contributed by atoms with Crippen LogP contribution in [0.2, 0.25) is 0 Å². The number of hydrogen-bond acceptors (Lipinski definition) is 3. The molecular weight excluding hydrogens is 312 g/mol. The van der Waals surface area contributed by atoms with Gasteiger partial charge in [-0.15, -0.1) is 0 Å². The van der Waals surface area contributed by atoms with E-state index in [1.807, 2.05) is 45.2 Å². The van der Waals surface area contributed by atoms with E-state index in [9.17, 15) is 4.79 Å². The van der Waals surface area contributed by atoms with Gasteiger partial charge in [-0.25, -0.2) is 0 Å². The molecule has 2 heterocycles. The number of amides is 1. The lowest BCUT2D eigenvalue weighted by atomic mass is 10.0. The highest BCUT2D eigenvalue weighted by Gasteiger charge is 2.27. The van der Waals surface area contributed by atoms with E-state index < -0.39 is 0 Å². The Balaban J connectivity index is 2.01. The zero-order chi connectivity index (χ0) is 18.1. The highest BCUT2D eigenvalue weighted by Crippen LogP contribution is 2.31. The first kappa shape index (κ1) is 17.2. The molecule has 130 valence electrons. The largest absolute Gasteiger partial charge is 0.450 e. The molecule has 3 rings (SSSR count). The fourth-order valence-corrected chi connectivity index (χ4v) is 3.28. The maximum Gasteiger partial charge on any atom is 0.290 e. The molecule has 3 aromatic rings.